The van der Waals surface area contributed by atoms with Gasteiger partial charge in [0, 0.05) is 18.0 Å². The van der Waals surface area contributed by atoms with Gasteiger partial charge in [0.15, 0.2) is 5.16 Å². The average Bonchev–Trinajstić information content (AvgIpc) is 3.23. The summed E-state index contributed by atoms with van der Waals surface area (Å²) in [5.41, 5.74) is 1.88. The van der Waals surface area contributed by atoms with Crippen molar-refractivity contribution in [2.45, 2.75) is 62.8 Å². The number of thioether (sulfide) groups is 1. The van der Waals surface area contributed by atoms with Gasteiger partial charge >= 0.3 is 0 Å². The van der Waals surface area contributed by atoms with Crippen LogP contribution in [-0.2, 0) is 17.6 Å². The predicted octanol–water partition coefficient (Wildman–Crippen LogP) is 5.07. The van der Waals surface area contributed by atoms with Gasteiger partial charge < -0.3 is 9.64 Å². The van der Waals surface area contributed by atoms with Gasteiger partial charge in [0.1, 0.15) is 10.6 Å². The summed E-state index contributed by atoms with van der Waals surface area (Å²) in [6, 6.07) is 7.48. The summed E-state index contributed by atoms with van der Waals surface area (Å²) in [7, 11) is 1.63. The Hall–Kier alpha value is -2.32. The van der Waals surface area contributed by atoms with Crippen molar-refractivity contribution in [1.29, 1.82) is 0 Å². The monoisotopic (exact) mass is 497 g/mol. The smallest absolute Gasteiger partial charge is 0.267 e. The van der Waals surface area contributed by atoms with Crippen LogP contribution in [0.2, 0.25) is 0 Å². The van der Waals surface area contributed by atoms with Crippen molar-refractivity contribution in [1.82, 2.24) is 14.5 Å². The van der Waals surface area contributed by atoms with Gasteiger partial charge in [0.25, 0.3) is 5.56 Å². The van der Waals surface area contributed by atoms with Crippen LogP contribution in [0.25, 0.3) is 15.9 Å². The first-order chi connectivity index (χ1) is 16.5. The van der Waals surface area contributed by atoms with Gasteiger partial charge in [-0.3, -0.25) is 14.2 Å². The van der Waals surface area contributed by atoms with Gasteiger partial charge in [-0.05, 0) is 81.2 Å². The Morgan fingerprint density at radius 1 is 1.18 bits per heavy atom. The molecule has 3 heterocycles. The fourth-order valence-corrected chi connectivity index (χ4v) is 7.23. The van der Waals surface area contributed by atoms with Gasteiger partial charge in [-0.15, -0.1) is 11.3 Å². The van der Waals surface area contributed by atoms with E-state index in [2.05, 4.69) is 6.92 Å². The molecule has 8 heteroatoms. The number of methoxy groups -OCH3 is 1. The summed E-state index contributed by atoms with van der Waals surface area (Å²) in [6.07, 6.45) is 6.31. The number of ether oxygens (including phenoxy) is 1. The van der Waals surface area contributed by atoms with Crippen LogP contribution in [0.4, 0.5) is 0 Å². The molecule has 2 aromatic heterocycles. The van der Waals surface area contributed by atoms with E-state index < -0.39 is 0 Å². The fourth-order valence-electron chi connectivity index (χ4n) is 4.92. The number of piperidine rings is 1. The number of benzene rings is 1. The van der Waals surface area contributed by atoms with Crippen molar-refractivity contribution in [2.24, 2.45) is 5.92 Å². The zero-order valence-electron chi connectivity index (χ0n) is 20.0. The van der Waals surface area contributed by atoms with Gasteiger partial charge in [0.2, 0.25) is 5.91 Å². The van der Waals surface area contributed by atoms with E-state index in [1.165, 1.54) is 22.2 Å². The van der Waals surface area contributed by atoms with E-state index >= 15 is 0 Å². The number of hydrogen-bond acceptors (Lipinski definition) is 6. The molecule has 180 valence electrons. The molecule has 1 atom stereocenters. The van der Waals surface area contributed by atoms with Crippen LogP contribution >= 0.6 is 23.1 Å². The van der Waals surface area contributed by atoms with E-state index in [-0.39, 0.29) is 16.7 Å². The van der Waals surface area contributed by atoms with E-state index in [1.54, 1.807) is 23.0 Å². The summed E-state index contributed by atoms with van der Waals surface area (Å²) in [6.45, 7) is 5.78. The van der Waals surface area contributed by atoms with Crippen LogP contribution in [0.5, 0.6) is 5.75 Å². The lowest BCUT2D eigenvalue weighted by molar-refractivity contribution is -0.131. The molecule has 3 aromatic rings. The van der Waals surface area contributed by atoms with Crippen molar-refractivity contribution in [3.8, 4) is 11.4 Å². The molecule has 1 aliphatic carbocycles. The Labute approximate surface area is 208 Å². The molecule has 1 fully saturated rings. The van der Waals surface area contributed by atoms with E-state index in [4.69, 9.17) is 9.72 Å². The molecule has 0 bridgehead atoms. The number of amides is 1. The highest BCUT2D eigenvalue weighted by Gasteiger charge is 2.28. The first kappa shape index (κ1) is 23.4. The largest absolute Gasteiger partial charge is 0.497 e. The average molecular weight is 498 g/mol. The summed E-state index contributed by atoms with van der Waals surface area (Å²) < 4.78 is 7.00. The molecule has 6 nitrogen and oxygen atoms in total. The molecule has 0 spiro atoms. The third kappa shape index (κ3) is 4.38. The number of likely N-dealkylation sites (tertiary alicyclic amines) is 1. The van der Waals surface area contributed by atoms with Crippen molar-refractivity contribution in [2.75, 3.05) is 20.2 Å². The molecule has 1 aliphatic heterocycles. The lowest BCUT2D eigenvalue weighted by atomic mass is 9.97. The minimum absolute atomic E-state index is 0.0384. The number of aromatic nitrogens is 2. The number of aryl methyl sites for hydroxylation is 2. The summed E-state index contributed by atoms with van der Waals surface area (Å²) in [5, 5.41) is 1.01. The number of fused-ring (bicyclic) bond motifs is 3. The Morgan fingerprint density at radius 2 is 1.88 bits per heavy atom. The zero-order valence-corrected chi connectivity index (χ0v) is 21.6. The van der Waals surface area contributed by atoms with Crippen LogP contribution in [0.15, 0.2) is 34.2 Å². The third-order valence-corrected chi connectivity index (χ3v) is 9.24. The molecule has 0 saturated carbocycles. The second-order valence-corrected chi connectivity index (χ2v) is 11.8. The third-order valence-electron chi connectivity index (χ3n) is 7.01. The molecule has 1 amide bonds. The first-order valence-electron chi connectivity index (χ1n) is 12.1. The van der Waals surface area contributed by atoms with E-state index in [1.807, 2.05) is 36.1 Å². The van der Waals surface area contributed by atoms with Gasteiger partial charge in [-0.2, -0.15) is 0 Å². The number of hydrogen-bond donors (Lipinski definition) is 0. The molecule has 5 rings (SSSR count). The Kier molecular flexibility index (Phi) is 6.71. The van der Waals surface area contributed by atoms with Crippen LogP contribution in [-0.4, -0.2) is 45.8 Å². The van der Waals surface area contributed by atoms with Crippen LogP contribution < -0.4 is 10.3 Å². The second kappa shape index (κ2) is 9.74. The number of nitrogens with zero attached hydrogens (tertiary/aromatic N) is 3. The van der Waals surface area contributed by atoms with Crippen molar-refractivity contribution < 1.29 is 9.53 Å². The molecule has 0 unspecified atom stereocenters. The van der Waals surface area contributed by atoms with Crippen molar-refractivity contribution in [3.05, 3.63) is 45.1 Å². The maximum absolute atomic E-state index is 13.9. The summed E-state index contributed by atoms with van der Waals surface area (Å²) >= 11 is 3.04. The molecule has 0 radical (unpaired) electrons. The Balaban J connectivity index is 1.56. The molecular weight excluding hydrogens is 466 g/mol. The molecule has 0 N–H and O–H groups in total. The van der Waals surface area contributed by atoms with E-state index in [9.17, 15) is 9.59 Å². The van der Waals surface area contributed by atoms with Gasteiger partial charge in [-0.25, -0.2) is 4.98 Å². The maximum atomic E-state index is 13.9. The van der Waals surface area contributed by atoms with Crippen LogP contribution in [0.1, 0.15) is 50.0 Å². The SMILES string of the molecule is COc1ccc(-n2c(S[C@H](C)C(=O)N3CCC(C)CC3)nc3sc4c(c3c2=O)CCCC4)cc1. The Bertz CT molecular complexity index is 1260. The predicted molar refractivity (Wildman–Crippen MR) is 139 cm³/mol. The number of carbonyl (C=O) groups excluding carboxylic acids is 1. The lowest BCUT2D eigenvalue weighted by Gasteiger charge is -2.32. The van der Waals surface area contributed by atoms with Gasteiger partial charge in [0.05, 0.1) is 23.4 Å². The topological polar surface area (TPSA) is 64.4 Å². The molecule has 2 aliphatic rings. The molecule has 1 aromatic carbocycles. The Morgan fingerprint density at radius 3 is 2.59 bits per heavy atom. The normalized spacial score (nSPS) is 17.6. The van der Waals surface area contributed by atoms with E-state index in [0.29, 0.717) is 11.1 Å². The molecular formula is C26H31N3O3S2. The second-order valence-electron chi connectivity index (χ2n) is 9.39. The standard InChI is InChI=1S/C26H31N3O3S2/c1-16-12-14-28(15-13-16)24(30)17(2)33-26-27-23-22(20-6-4-5-7-21(20)34-23)25(31)29(26)18-8-10-19(32-3)11-9-18/h8-11,16-17H,4-7,12-15H2,1-3H3/t17-/m1/s1. The highest BCUT2D eigenvalue weighted by Crippen LogP contribution is 2.36. The molecule has 1 saturated heterocycles. The summed E-state index contributed by atoms with van der Waals surface area (Å²) in [5.74, 6) is 1.52. The quantitative estimate of drug-likeness (QED) is 0.364. The number of rotatable bonds is 5. The summed E-state index contributed by atoms with van der Waals surface area (Å²) in [4.78, 5) is 36.2. The number of thiophene rings is 1. The van der Waals surface area contributed by atoms with Crippen LogP contribution in [0.3, 0.4) is 0 Å². The zero-order chi connectivity index (χ0) is 23.8. The minimum Gasteiger partial charge on any atom is -0.497 e. The van der Waals surface area contributed by atoms with Crippen molar-refractivity contribution in [3.63, 3.8) is 0 Å². The highest BCUT2D eigenvalue weighted by atomic mass is 32.2. The molecule has 34 heavy (non-hydrogen) atoms. The lowest BCUT2D eigenvalue weighted by Crippen LogP contribution is -2.42. The maximum Gasteiger partial charge on any atom is 0.267 e. The van der Waals surface area contributed by atoms with E-state index in [0.717, 1.165) is 73.3 Å². The fraction of sp³-hybridized carbons (Fsp3) is 0.500. The van der Waals surface area contributed by atoms with Crippen LogP contribution in [0, 0.1) is 5.92 Å². The number of carbonyl (C=O) groups is 1. The minimum atomic E-state index is -0.322. The highest BCUT2D eigenvalue weighted by molar-refractivity contribution is 8.00. The first-order valence-corrected chi connectivity index (χ1v) is 13.8. The van der Waals surface area contributed by atoms with Crippen molar-refractivity contribution >= 4 is 39.2 Å². The van der Waals surface area contributed by atoms with Gasteiger partial charge in [-0.1, -0.05) is 18.7 Å².